The molecule has 0 unspecified atom stereocenters. The van der Waals surface area contributed by atoms with Crippen molar-refractivity contribution in [1.82, 2.24) is 9.97 Å². The molecule has 0 aromatic carbocycles. The van der Waals surface area contributed by atoms with Crippen LogP contribution in [0.2, 0.25) is 0 Å². The largest absolute Gasteiger partial charge is 0.384 e. The van der Waals surface area contributed by atoms with E-state index in [1.807, 2.05) is 18.0 Å². The van der Waals surface area contributed by atoms with Gasteiger partial charge in [-0.05, 0) is 11.4 Å². The predicted molar refractivity (Wildman–Crippen MR) is 62.9 cm³/mol. The fourth-order valence-electron chi connectivity index (χ4n) is 1.29. The molecule has 2 N–H and O–H groups in total. The third-order valence-electron chi connectivity index (χ3n) is 2.04. The molecule has 5 heteroatoms. The number of nitrogens with zero attached hydrogens (tertiary/aromatic N) is 3. The highest BCUT2D eigenvalue weighted by Crippen LogP contribution is 2.16. The van der Waals surface area contributed by atoms with E-state index in [0.29, 0.717) is 5.82 Å². The molecule has 2 aromatic heterocycles. The van der Waals surface area contributed by atoms with E-state index in [0.717, 1.165) is 12.4 Å². The van der Waals surface area contributed by atoms with Crippen LogP contribution in [0.25, 0.3) is 0 Å². The molecule has 0 atom stereocenters. The molecule has 2 aromatic rings. The quantitative estimate of drug-likeness (QED) is 0.856. The third-order valence-corrected chi connectivity index (χ3v) is 2.90. The number of anilines is 2. The van der Waals surface area contributed by atoms with Crippen LogP contribution in [0.5, 0.6) is 0 Å². The molecule has 0 aliphatic heterocycles. The second-order valence-electron chi connectivity index (χ2n) is 3.24. The summed E-state index contributed by atoms with van der Waals surface area (Å²) in [5, 5.41) is 2.07. The van der Waals surface area contributed by atoms with Crippen LogP contribution in [0.4, 0.5) is 11.6 Å². The number of hydrogen-bond donors (Lipinski definition) is 1. The number of nitrogen functional groups attached to an aromatic ring is 1. The Balaban J connectivity index is 2.11. The summed E-state index contributed by atoms with van der Waals surface area (Å²) in [4.78, 5) is 11.4. The van der Waals surface area contributed by atoms with Crippen molar-refractivity contribution >= 4 is 23.0 Å². The van der Waals surface area contributed by atoms with Gasteiger partial charge in [-0.15, -0.1) is 11.3 Å². The number of hydrogen-bond acceptors (Lipinski definition) is 5. The molecular formula is C10H12N4S. The topological polar surface area (TPSA) is 55.0 Å². The summed E-state index contributed by atoms with van der Waals surface area (Å²) in [5.41, 5.74) is 5.59. The zero-order valence-corrected chi connectivity index (χ0v) is 9.24. The van der Waals surface area contributed by atoms with Gasteiger partial charge in [0.25, 0.3) is 0 Å². The maximum absolute atomic E-state index is 5.59. The van der Waals surface area contributed by atoms with E-state index in [1.165, 1.54) is 11.2 Å². The molecule has 2 rings (SSSR count). The van der Waals surface area contributed by atoms with Crippen LogP contribution < -0.4 is 10.6 Å². The highest BCUT2D eigenvalue weighted by molar-refractivity contribution is 7.09. The molecule has 15 heavy (non-hydrogen) atoms. The van der Waals surface area contributed by atoms with Gasteiger partial charge >= 0.3 is 0 Å². The molecule has 0 aliphatic rings. The second kappa shape index (κ2) is 4.27. The summed E-state index contributed by atoms with van der Waals surface area (Å²) in [5.74, 6) is 1.34. The van der Waals surface area contributed by atoms with E-state index in [-0.39, 0.29) is 0 Å². The summed E-state index contributed by atoms with van der Waals surface area (Å²) in [6, 6.07) is 5.92. The normalized spacial score (nSPS) is 10.2. The first kappa shape index (κ1) is 9.92. The van der Waals surface area contributed by atoms with Crippen molar-refractivity contribution in [2.75, 3.05) is 17.7 Å². The molecule has 0 amide bonds. The third kappa shape index (κ3) is 2.44. The van der Waals surface area contributed by atoms with Gasteiger partial charge in [-0.25, -0.2) is 9.97 Å². The molecule has 0 saturated heterocycles. The first-order valence-electron chi connectivity index (χ1n) is 4.57. The molecule has 0 radical (unpaired) electrons. The van der Waals surface area contributed by atoms with Crippen LogP contribution in [0.15, 0.2) is 29.9 Å². The molecule has 0 spiro atoms. The zero-order valence-electron chi connectivity index (χ0n) is 8.42. The number of aromatic nitrogens is 2. The Hall–Kier alpha value is -1.62. The maximum Gasteiger partial charge on any atom is 0.134 e. The van der Waals surface area contributed by atoms with Gasteiger partial charge in [-0.3, -0.25) is 0 Å². The summed E-state index contributed by atoms with van der Waals surface area (Å²) in [6.07, 6.45) is 1.48. The Morgan fingerprint density at radius 2 is 2.33 bits per heavy atom. The highest BCUT2D eigenvalue weighted by Gasteiger charge is 2.04. The SMILES string of the molecule is CN(Cc1cccs1)c1cc(N)ncn1. The molecule has 0 fully saturated rings. The van der Waals surface area contributed by atoms with E-state index < -0.39 is 0 Å². The highest BCUT2D eigenvalue weighted by atomic mass is 32.1. The minimum atomic E-state index is 0.498. The molecule has 2 heterocycles. The van der Waals surface area contributed by atoms with Crippen molar-refractivity contribution in [3.05, 3.63) is 34.8 Å². The van der Waals surface area contributed by atoms with Crippen LogP contribution in [0, 0.1) is 0 Å². The van der Waals surface area contributed by atoms with E-state index >= 15 is 0 Å². The van der Waals surface area contributed by atoms with E-state index in [9.17, 15) is 0 Å². The van der Waals surface area contributed by atoms with Crippen LogP contribution in [-0.4, -0.2) is 17.0 Å². The minimum Gasteiger partial charge on any atom is -0.384 e. The lowest BCUT2D eigenvalue weighted by Crippen LogP contribution is -2.17. The predicted octanol–water partition coefficient (Wildman–Crippen LogP) is 1.76. The van der Waals surface area contributed by atoms with E-state index in [2.05, 4.69) is 21.4 Å². The van der Waals surface area contributed by atoms with Gasteiger partial charge in [0.2, 0.25) is 0 Å². The summed E-state index contributed by atoms with van der Waals surface area (Å²) in [7, 11) is 1.99. The van der Waals surface area contributed by atoms with Crippen molar-refractivity contribution in [3.63, 3.8) is 0 Å². The Labute approximate surface area is 92.4 Å². The number of nitrogens with two attached hydrogens (primary N) is 1. The second-order valence-corrected chi connectivity index (χ2v) is 4.27. The zero-order chi connectivity index (χ0) is 10.7. The van der Waals surface area contributed by atoms with Gasteiger partial charge in [0.15, 0.2) is 0 Å². The van der Waals surface area contributed by atoms with Crippen molar-refractivity contribution in [1.29, 1.82) is 0 Å². The van der Waals surface area contributed by atoms with Gasteiger partial charge in [-0.2, -0.15) is 0 Å². The van der Waals surface area contributed by atoms with Crippen molar-refractivity contribution < 1.29 is 0 Å². The smallest absolute Gasteiger partial charge is 0.134 e. The van der Waals surface area contributed by atoms with Crippen LogP contribution in [0.3, 0.4) is 0 Å². The molecule has 78 valence electrons. The monoisotopic (exact) mass is 220 g/mol. The fourth-order valence-corrected chi connectivity index (χ4v) is 2.04. The van der Waals surface area contributed by atoms with Gasteiger partial charge in [0.05, 0.1) is 6.54 Å². The maximum atomic E-state index is 5.59. The van der Waals surface area contributed by atoms with Crippen LogP contribution in [0.1, 0.15) is 4.88 Å². The average molecular weight is 220 g/mol. The Morgan fingerprint density at radius 1 is 1.47 bits per heavy atom. The number of thiophene rings is 1. The lowest BCUT2D eigenvalue weighted by Gasteiger charge is -2.16. The Morgan fingerprint density at radius 3 is 3.00 bits per heavy atom. The van der Waals surface area contributed by atoms with Gasteiger partial charge < -0.3 is 10.6 Å². The minimum absolute atomic E-state index is 0.498. The first-order chi connectivity index (χ1) is 7.25. The summed E-state index contributed by atoms with van der Waals surface area (Å²) < 4.78 is 0. The Kier molecular flexibility index (Phi) is 2.82. The van der Waals surface area contributed by atoms with Gasteiger partial charge in [-0.1, -0.05) is 6.07 Å². The molecule has 0 bridgehead atoms. The molecular weight excluding hydrogens is 208 g/mol. The van der Waals surface area contributed by atoms with Crippen molar-refractivity contribution in [2.24, 2.45) is 0 Å². The average Bonchev–Trinajstić information content (AvgIpc) is 2.70. The molecule has 0 aliphatic carbocycles. The van der Waals surface area contributed by atoms with E-state index in [1.54, 1.807) is 17.4 Å². The van der Waals surface area contributed by atoms with Crippen molar-refractivity contribution in [3.8, 4) is 0 Å². The Bertz CT molecular complexity index is 427. The lowest BCUT2D eigenvalue weighted by atomic mass is 10.4. The van der Waals surface area contributed by atoms with Crippen molar-refractivity contribution in [2.45, 2.75) is 6.54 Å². The summed E-state index contributed by atoms with van der Waals surface area (Å²) in [6.45, 7) is 0.841. The molecule has 4 nitrogen and oxygen atoms in total. The lowest BCUT2D eigenvalue weighted by molar-refractivity contribution is 0.906. The first-order valence-corrected chi connectivity index (χ1v) is 5.45. The van der Waals surface area contributed by atoms with Gasteiger partial charge in [0, 0.05) is 18.0 Å². The van der Waals surface area contributed by atoms with E-state index in [4.69, 9.17) is 5.73 Å². The van der Waals surface area contributed by atoms with Gasteiger partial charge in [0.1, 0.15) is 18.0 Å². The van der Waals surface area contributed by atoms with Crippen LogP contribution in [-0.2, 0) is 6.54 Å². The summed E-state index contributed by atoms with van der Waals surface area (Å²) >= 11 is 1.73. The van der Waals surface area contributed by atoms with Crippen LogP contribution >= 0.6 is 11.3 Å². The molecule has 0 saturated carbocycles. The fraction of sp³-hybridized carbons (Fsp3) is 0.200. The number of rotatable bonds is 3. The standard InChI is InChI=1S/C10H12N4S/c1-14(6-8-3-2-4-15-8)10-5-9(11)12-7-13-10/h2-5,7H,6H2,1H3,(H2,11,12,13).